The smallest absolute Gasteiger partial charge is 0.397 e. The Hall–Kier alpha value is -0.800. The molecule has 1 aromatic rings. The van der Waals surface area contributed by atoms with Gasteiger partial charge in [0.2, 0.25) is 10.0 Å². The summed E-state index contributed by atoms with van der Waals surface area (Å²) in [5, 5.41) is 4.77. The van der Waals surface area contributed by atoms with Gasteiger partial charge in [0.25, 0.3) is 0 Å². The molecule has 90 valence electrons. The summed E-state index contributed by atoms with van der Waals surface area (Å²) in [4.78, 5) is -0.762. The van der Waals surface area contributed by atoms with Gasteiger partial charge in [0.15, 0.2) is 0 Å². The molecule has 0 radical (unpaired) electrons. The van der Waals surface area contributed by atoms with Crippen LogP contribution in [0.1, 0.15) is 5.56 Å². The van der Waals surface area contributed by atoms with Gasteiger partial charge in [-0.25, -0.2) is 13.6 Å². The van der Waals surface area contributed by atoms with Crippen LogP contribution < -0.4 is 10.9 Å². The molecule has 0 aliphatic heterocycles. The number of nitrogen functional groups attached to an aromatic ring is 1. The van der Waals surface area contributed by atoms with E-state index in [2.05, 4.69) is 15.9 Å². The fraction of sp³-hybridized carbons (Fsp3) is 0.143. The standard InChI is InChI=1S/C7H6BrF3N2O2S/c8-4-2-1-3(7(9,10)11)5(12)6(4)16(13,14)15/h1-2H,12H2,(H2,13,14,15). The third kappa shape index (κ3) is 2.47. The van der Waals surface area contributed by atoms with Crippen molar-refractivity contribution in [3.8, 4) is 0 Å². The zero-order valence-electron chi connectivity index (χ0n) is 7.55. The average molecular weight is 319 g/mol. The first-order valence-corrected chi connectivity index (χ1v) is 6.07. The molecule has 0 amide bonds. The van der Waals surface area contributed by atoms with E-state index in [4.69, 9.17) is 10.9 Å². The third-order valence-corrected chi connectivity index (χ3v) is 3.67. The summed E-state index contributed by atoms with van der Waals surface area (Å²) in [5.41, 5.74) is 3.00. The number of benzene rings is 1. The lowest BCUT2D eigenvalue weighted by Crippen LogP contribution is -2.18. The van der Waals surface area contributed by atoms with Crippen LogP contribution in [0.2, 0.25) is 0 Å². The molecule has 0 atom stereocenters. The van der Waals surface area contributed by atoms with Gasteiger partial charge >= 0.3 is 6.18 Å². The molecule has 4 nitrogen and oxygen atoms in total. The van der Waals surface area contributed by atoms with Gasteiger partial charge in [-0.2, -0.15) is 13.2 Å². The van der Waals surface area contributed by atoms with Crippen molar-refractivity contribution in [1.29, 1.82) is 0 Å². The Morgan fingerprint density at radius 1 is 1.25 bits per heavy atom. The minimum Gasteiger partial charge on any atom is -0.397 e. The van der Waals surface area contributed by atoms with Gasteiger partial charge in [0, 0.05) is 4.47 Å². The lowest BCUT2D eigenvalue weighted by Gasteiger charge is -2.13. The van der Waals surface area contributed by atoms with E-state index in [1.54, 1.807) is 0 Å². The lowest BCUT2D eigenvalue weighted by molar-refractivity contribution is -0.137. The normalized spacial score (nSPS) is 12.8. The van der Waals surface area contributed by atoms with Gasteiger partial charge in [-0.15, -0.1) is 0 Å². The molecular formula is C7H6BrF3N2O2S. The maximum absolute atomic E-state index is 12.4. The van der Waals surface area contributed by atoms with Crippen molar-refractivity contribution in [3.05, 3.63) is 22.2 Å². The fourth-order valence-electron chi connectivity index (χ4n) is 1.11. The SMILES string of the molecule is Nc1c(C(F)(F)F)ccc(Br)c1S(N)(=O)=O. The Bertz CT molecular complexity index is 527. The summed E-state index contributed by atoms with van der Waals surface area (Å²) in [6.45, 7) is 0. The summed E-state index contributed by atoms with van der Waals surface area (Å²) < 4.78 is 59.3. The molecule has 0 fully saturated rings. The highest BCUT2D eigenvalue weighted by Crippen LogP contribution is 2.38. The number of halogens is 4. The predicted octanol–water partition coefficient (Wildman–Crippen LogP) is 1.70. The van der Waals surface area contributed by atoms with Crippen molar-refractivity contribution in [2.45, 2.75) is 11.1 Å². The minimum absolute atomic E-state index is 0.111. The molecule has 0 unspecified atom stereocenters. The molecular weight excluding hydrogens is 313 g/mol. The number of hydrogen-bond donors (Lipinski definition) is 2. The molecule has 0 heterocycles. The Morgan fingerprint density at radius 3 is 2.12 bits per heavy atom. The van der Waals surface area contributed by atoms with Crippen molar-refractivity contribution in [1.82, 2.24) is 0 Å². The van der Waals surface area contributed by atoms with E-state index in [9.17, 15) is 21.6 Å². The minimum atomic E-state index is -4.73. The van der Waals surface area contributed by atoms with E-state index < -0.39 is 32.3 Å². The molecule has 0 aromatic heterocycles. The van der Waals surface area contributed by atoms with E-state index in [0.29, 0.717) is 6.07 Å². The second-order valence-corrected chi connectivity index (χ2v) is 5.23. The number of sulfonamides is 1. The molecule has 4 N–H and O–H groups in total. The third-order valence-electron chi connectivity index (χ3n) is 1.74. The summed E-state index contributed by atoms with van der Waals surface area (Å²) >= 11 is 2.78. The second kappa shape index (κ2) is 3.90. The van der Waals surface area contributed by atoms with Crippen molar-refractivity contribution >= 4 is 31.6 Å². The summed E-state index contributed by atoms with van der Waals surface area (Å²) in [7, 11) is -4.32. The molecule has 0 saturated heterocycles. The van der Waals surface area contributed by atoms with E-state index >= 15 is 0 Å². The Kier molecular flexibility index (Phi) is 3.23. The number of nitrogens with two attached hydrogens (primary N) is 2. The number of anilines is 1. The van der Waals surface area contributed by atoms with E-state index in [0.717, 1.165) is 6.07 Å². The van der Waals surface area contributed by atoms with Crippen LogP contribution in [-0.4, -0.2) is 8.42 Å². The topological polar surface area (TPSA) is 86.2 Å². The van der Waals surface area contributed by atoms with Crippen LogP contribution in [0.5, 0.6) is 0 Å². The van der Waals surface area contributed by atoms with E-state index in [1.165, 1.54) is 0 Å². The van der Waals surface area contributed by atoms with Gasteiger partial charge in [-0.05, 0) is 28.1 Å². The first-order chi connectivity index (χ1) is 7.05. The monoisotopic (exact) mass is 318 g/mol. The molecule has 0 spiro atoms. The van der Waals surface area contributed by atoms with Gasteiger partial charge < -0.3 is 5.73 Å². The van der Waals surface area contributed by atoms with Crippen LogP contribution >= 0.6 is 15.9 Å². The van der Waals surface area contributed by atoms with Gasteiger partial charge in [0.1, 0.15) is 4.90 Å². The summed E-state index contributed by atoms with van der Waals surface area (Å²) in [6, 6.07) is 1.60. The van der Waals surface area contributed by atoms with Crippen LogP contribution in [0.15, 0.2) is 21.5 Å². The maximum atomic E-state index is 12.4. The number of alkyl halides is 3. The van der Waals surface area contributed by atoms with E-state index in [-0.39, 0.29) is 4.47 Å². The van der Waals surface area contributed by atoms with E-state index in [1.807, 2.05) is 0 Å². The highest BCUT2D eigenvalue weighted by atomic mass is 79.9. The summed E-state index contributed by atoms with van der Waals surface area (Å²) in [6.07, 6.45) is -4.73. The molecule has 0 aliphatic rings. The van der Waals surface area contributed by atoms with Crippen LogP contribution in [0.25, 0.3) is 0 Å². The van der Waals surface area contributed by atoms with Crippen LogP contribution in [0, 0.1) is 0 Å². The quantitative estimate of drug-likeness (QED) is 0.773. The number of primary sulfonamides is 1. The molecule has 0 saturated carbocycles. The Labute approximate surface area is 97.6 Å². The van der Waals surface area contributed by atoms with Crippen LogP contribution in [0.4, 0.5) is 18.9 Å². The molecule has 0 bridgehead atoms. The zero-order chi connectivity index (χ0) is 12.7. The van der Waals surface area contributed by atoms with Gasteiger partial charge in [-0.1, -0.05) is 0 Å². The fourth-order valence-corrected chi connectivity index (χ4v) is 2.89. The molecule has 9 heteroatoms. The molecule has 1 aromatic carbocycles. The molecule has 1 rings (SSSR count). The highest BCUT2D eigenvalue weighted by molar-refractivity contribution is 9.10. The maximum Gasteiger partial charge on any atom is 0.418 e. The van der Waals surface area contributed by atoms with Crippen molar-refractivity contribution in [3.63, 3.8) is 0 Å². The Balaban J connectivity index is 3.65. The van der Waals surface area contributed by atoms with Crippen LogP contribution in [0.3, 0.4) is 0 Å². The summed E-state index contributed by atoms with van der Waals surface area (Å²) in [5.74, 6) is 0. The predicted molar refractivity (Wildman–Crippen MR) is 54.9 cm³/mol. The van der Waals surface area contributed by atoms with Gasteiger partial charge in [-0.3, -0.25) is 0 Å². The van der Waals surface area contributed by atoms with Crippen molar-refractivity contribution < 1.29 is 21.6 Å². The number of hydrogen-bond acceptors (Lipinski definition) is 3. The second-order valence-electron chi connectivity index (χ2n) is 2.88. The van der Waals surface area contributed by atoms with Crippen molar-refractivity contribution in [2.75, 3.05) is 5.73 Å². The number of rotatable bonds is 1. The first kappa shape index (κ1) is 13.3. The molecule has 0 aliphatic carbocycles. The molecule has 16 heavy (non-hydrogen) atoms. The van der Waals surface area contributed by atoms with Crippen LogP contribution in [-0.2, 0) is 16.2 Å². The first-order valence-electron chi connectivity index (χ1n) is 3.73. The zero-order valence-corrected chi connectivity index (χ0v) is 9.95. The lowest BCUT2D eigenvalue weighted by atomic mass is 10.2. The largest absolute Gasteiger partial charge is 0.418 e. The van der Waals surface area contributed by atoms with Crippen molar-refractivity contribution in [2.24, 2.45) is 5.14 Å². The Morgan fingerprint density at radius 2 is 1.75 bits per heavy atom. The van der Waals surface area contributed by atoms with Gasteiger partial charge in [0.05, 0.1) is 11.3 Å². The highest BCUT2D eigenvalue weighted by Gasteiger charge is 2.35. The average Bonchev–Trinajstić information content (AvgIpc) is 1.97.